The molecule has 1 aliphatic carbocycles. The molecule has 11 aromatic rings. The van der Waals surface area contributed by atoms with Crippen LogP contribution in [0.3, 0.4) is 0 Å². The third-order valence-electron chi connectivity index (χ3n) is 16.0. The maximum atomic E-state index is 7.28. The molecule has 0 saturated heterocycles. The van der Waals surface area contributed by atoms with Gasteiger partial charge in [0, 0.05) is 55.0 Å². The van der Waals surface area contributed by atoms with Crippen LogP contribution in [0.2, 0.25) is 0 Å². The highest BCUT2D eigenvalue weighted by Crippen LogP contribution is 2.51. The Balaban J connectivity index is 1.12. The van der Waals surface area contributed by atoms with Crippen LogP contribution in [-0.2, 0) is 10.8 Å². The molecule has 4 heteroatoms. The van der Waals surface area contributed by atoms with Gasteiger partial charge in [-0.1, -0.05) is 163 Å². The summed E-state index contributed by atoms with van der Waals surface area (Å²) in [5.41, 5.74) is 16.7. The highest BCUT2D eigenvalue weighted by atomic mass is 16.3. The van der Waals surface area contributed by atoms with E-state index >= 15 is 0 Å². The van der Waals surface area contributed by atoms with E-state index in [1.165, 1.54) is 65.7 Å². The van der Waals surface area contributed by atoms with Gasteiger partial charge in [0.2, 0.25) is 0 Å². The minimum absolute atomic E-state index is 0.0489. The highest BCUT2D eigenvalue weighted by Gasteiger charge is 2.33. The summed E-state index contributed by atoms with van der Waals surface area (Å²) in [5, 5.41) is 10.7. The Kier molecular flexibility index (Phi) is 10.4. The zero-order valence-corrected chi connectivity index (χ0v) is 42.8. The van der Waals surface area contributed by atoms with Crippen molar-refractivity contribution in [2.75, 3.05) is 9.80 Å². The third-order valence-corrected chi connectivity index (χ3v) is 16.0. The molecule has 0 aliphatic heterocycles. The maximum Gasteiger partial charge on any atom is 0.159 e. The van der Waals surface area contributed by atoms with Crippen molar-refractivity contribution in [3.8, 4) is 0 Å². The summed E-state index contributed by atoms with van der Waals surface area (Å²) in [6, 6.07) is 52.2. The first-order chi connectivity index (χ1) is 34.2. The van der Waals surface area contributed by atoms with Crippen molar-refractivity contribution in [1.82, 2.24) is 0 Å². The molecular weight excluding hydrogens is 865 g/mol. The lowest BCUT2D eigenvalue weighted by Gasteiger charge is -2.33. The van der Waals surface area contributed by atoms with Crippen molar-refractivity contribution in [2.45, 2.75) is 99.0 Å². The Morgan fingerprint density at radius 3 is 1.58 bits per heavy atom. The van der Waals surface area contributed by atoms with Crippen molar-refractivity contribution in [3.05, 3.63) is 202 Å². The van der Waals surface area contributed by atoms with Crippen LogP contribution in [0.4, 0.5) is 28.4 Å². The average molecular weight is 927 g/mol. The number of benzene rings is 9. The maximum absolute atomic E-state index is 7.28. The molecule has 2 heterocycles. The lowest BCUT2D eigenvalue weighted by atomic mass is 9.81. The molecule has 0 spiro atoms. The molecule has 352 valence electrons. The zero-order chi connectivity index (χ0) is 49.1. The van der Waals surface area contributed by atoms with Gasteiger partial charge in [-0.15, -0.1) is 0 Å². The first-order valence-electron chi connectivity index (χ1n) is 25.6. The van der Waals surface area contributed by atoms with E-state index in [2.05, 4.69) is 243 Å². The Morgan fingerprint density at radius 1 is 0.465 bits per heavy atom. The van der Waals surface area contributed by atoms with Crippen LogP contribution in [0.25, 0.3) is 71.3 Å². The number of nitrogens with zero attached hydrogens (tertiary/aromatic N) is 2. The number of hydrogen-bond donors (Lipinski definition) is 0. The Morgan fingerprint density at radius 2 is 0.972 bits per heavy atom. The molecule has 0 N–H and O–H groups in total. The number of rotatable bonds is 10. The second-order valence-corrected chi connectivity index (χ2v) is 21.7. The van der Waals surface area contributed by atoms with Gasteiger partial charge >= 0.3 is 0 Å². The molecule has 4 nitrogen and oxygen atoms in total. The molecule has 0 amide bonds. The predicted octanol–water partition coefficient (Wildman–Crippen LogP) is 19.8. The predicted molar refractivity (Wildman–Crippen MR) is 303 cm³/mol. The van der Waals surface area contributed by atoms with Gasteiger partial charge in [0.15, 0.2) is 5.58 Å². The van der Waals surface area contributed by atoms with Gasteiger partial charge < -0.3 is 18.6 Å². The Bertz CT molecular complexity index is 3940. The molecule has 71 heavy (non-hydrogen) atoms. The van der Waals surface area contributed by atoms with Crippen LogP contribution in [0.1, 0.15) is 105 Å². The van der Waals surface area contributed by atoms with Gasteiger partial charge in [0.1, 0.15) is 23.0 Å². The van der Waals surface area contributed by atoms with Crippen LogP contribution in [0, 0.1) is 27.7 Å². The first-order valence-corrected chi connectivity index (χ1v) is 25.6. The second-order valence-electron chi connectivity index (χ2n) is 21.7. The molecule has 2 aromatic heterocycles. The summed E-state index contributed by atoms with van der Waals surface area (Å²) in [4.78, 5) is 4.98. The number of furan rings is 2. The van der Waals surface area contributed by atoms with Crippen molar-refractivity contribution >= 4 is 99.7 Å². The van der Waals surface area contributed by atoms with Crippen molar-refractivity contribution in [2.24, 2.45) is 0 Å². The van der Waals surface area contributed by atoms with E-state index < -0.39 is 0 Å². The fourth-order valence-corrected chi connectivity index (χ4v) is 11.8. The average Bonchev–Trinajstić information content (AvgIpc) is 3.86. The van der Waals surface area contributed by atoms with E-state index in [0.29, 0.717) is 0 Å². The normalized spacial score (nSPS) is 14.2. The first kappa shape index (κ1) is 44.6. The van der Waals surface area contributed by atoms with Crippen LogP contribution in [-0.4, -0.2) is 0 Å². The van der Waals surface area contributed by atoms with E-state index in [-0.39, 0.29) is 16.9 Å². The van der Waals surface area contributed by atoms with Crippen LogP contribution < -0.4 is 9.80 Å². The molecule has 0 radical (unpaired) electrons. The van der Waals surface area contributed by atoms with Gasteiger partial charge in [-0.25, -0.2) is 0 Å². The number of allylic oxidation sites excluding steroid dienone is 2. The number of hydrogen-bond acceptors (Lipinski definition) is 4. The molecule has 1 aliphatic rings. The summed E-state index contributed by atoms with van der Waals surface area (Å²) in [5.74, 6) is 0.950. The fourth-order valence-electron chi connectivity index (χ4n) is 11.8. The van der Waals surface area contributed by atoms with E-state index in [9.17, 15) is 0 Å². The monoisotopic (exact) mass is 926 g/mol. The molecule has 9 aromatic carbocycles. The molecule has 1 unspecified atom stereocenters. The third kappa shape index (κ3) is 7.08. The Hall–Kier alpha value is -7.56. The Labute approximate surface area is 417 Å². The SMILES string of the molecule is CCC(C)(C)c1cccc2c3c(oc12)C(N(c1cc(C)cc(C)c1)c1ccc2ccc4c(N(c5cc(C)cc(C)c5)c5cccc6c5oc5c(C(C)(C)CC)cccc56)ccc5ccc1c2c54)C=CC=C3. The lowest BCUT2D eigenvalue weighted by Crippen LogP contribution is -2.23. The summed E-state index contributed by atoms with van der Waals surface area (Å²) in [6.45, 7) is 22.6. The quantitative estimate of drug-likeness (QED) is 0.128. The minimum Gasteiger partial charge on any atom is -0.458 e. The van der Waals surface area contributed by atoms with E-state index in [1.54, 1.807) is 0 Å². The number of aryl methyl sites for hydroxylation is 4. The van der Waals surface area contributed by atoms with Crippen LogP contribution in [0.5, 0.6) is 0 Å². The number of para-hydroxylation sites is 3. The molecule has 1 atom stereocenters. The number of fused-ring (bicyclic) bond motifs is 6. The minimum atomic E-state index is -0.243. The van der Waals surface area contributed by atoms with Gasteiger partial charge in [0.25, 0.3) is 0 Å². The molecule has 0 bridgehead atoms. The highest BCUT2D eigenvalue weighted by molar-refractivity contribution is 6.28. The van der Waals surface area contributed by atoms with Crippen molar-refractivity contribution in [3.63, 3.8) is 0 Å². The van der Waals surface area contributed by atoms with E-state index in [1.807, 2.05) is 0 Å². The molecular formula is C67H62N2O2. The van der Waals surface area contributed by atoms with Gasteiger partial charge in [-0.2, -0.15) is 0 Å². The lowest BCUT2D eigenvalue weighted by molar-refractivity contribution is 0.481. The van der Waals surface area contributed by atoms with Crippen LogP contribution >= 0.6 is 0 Å². The smallest absolute Gasteiger partial charge is 0.159 e. The molecule has 0 fully saturated rings. The largest absolute Gasteiger partial charge is 0.458 e. The van der Waals surface area contributed by atoms with Gasteiger partial charge in [0.05, 0.1) is 17.1 Å². The van der Waals surface area contributed by atoms with E-state index in [4.69, 9.17) is 8.83 Å². The summed E-state index contributed by atoms with van der Waals surface area (Å²) in [7, 11) is 0. The van der Waals surface area contributed by atoms with Crippen molar-refractivity contribution < 1.29 is 8.83 Å². The zero-order valence-electron chi connectivity index (χ0n) is 42.8. The summed E-state index contributed by atoms with van der Waals surface area (Å²) < 4.78 is 14.5. The second kappa shape index (κ2) is 16.5. The topological polar surface area (TPSA) is 32.8 Å². The molecule has 0 saturated carbocycles. The summed E-state index contributed by atoms with van der Waals surface area (Å²) >= 11 is 0. The standard InChI is InChI=1S/C67H62N2O2/c1-11-66(7,8)54-22-15-19-48-50-18-13-14-24-58(64(50)70-62(48)54)68(46-36-40(3)34-41(4)37-46)56-32-28-44-27-31-53-57(33-29-45-26-30-52(56)60(44)61(45)53)69(47-38-42(5)35-43(6)39-47)59-25-17-21-51-49-20-16-23-55(67(9,10)12-2)63(49)71-65(51)59/h13-39,58H,11-12H2,1-10H3. The van der Waals surface area contributed by atoms with Gasteiger partial charge in [-0.05, 0) is 138 Å². The number of anilines is 5. The molecule has 12 rings (SSSR count). The summed E-state index contributed by atoms with van der Waals surface area (Å²) in [6.07, 6.45) is 10.9. The van der Waals surface area contributed by atoms with E-state index in [0.717, 1.165) is 85.5 Å². The van der Waals surface area contributed by atoms with Crippen molar-refractivity contribution in [1.29, 1.82) is 0 Å². The van der Waals surface area contributed by atoms with Gasteiger partial charge in [-0.3, -0.25) is 0 Å². The fraction of sp³-hybridized carbons (Fsp3) is 0.224. The van der Waals surface area contributed by atoms with Crippen LogP contribution in [0.15, 0.2) is 167 Å².